The number of hydrazone groups is 1. The maximum absolute atomic E-state index is 12.9. The van der Waals surface area contributed by atoms with Gasteiger partial charge in [-0.25, -0.2) is 10.2 Å². The van der Waals surface area contributed by atoms with Gasteiger partial charge in [0.15, 0.2) is 0 Å². The van der Waals surface area contributed by atoms with Crippen LogP contribution < -0.4 is 5.43 Å². The van der Waals surface area contributed by atoms with Crippen molar-refractivity contribution in [2.75, 3.05) is 6.61 Å². The molecule has 0 bridgehead atoms. The number of aliphatic hydroxyl groups excluding tert-OH is 1. The zero-order valence-electron chi connectivity index (χ0n) is 22.9. The molecule has 1 aromatic carbocycles. The summed E-state index contributed by atoms with van der Waals surface area (Å²) in [7, 11) is 0. The average Bonchev–Trinajstić information content (AvgIpc) is 3.44. The summed E-state index contributed by atoms with van der Waals surface area (Å²) in [5.41, 5.74) is 1.80. The lowest BCUT2D eigenvalue weighted by atomic mass is 9.41. The number of amides is 1. The molecule has 8 nitrogen and oxygen atoms in total. The highest BCUT2D eigenvalue weighted by molar-refractivity contribution is 5.95. The van der Waals surface area contributed by atoms with Gasteiger partial charge in [-0.15, -0.1) is 0 Å². The van der Waals surface area contributed by atoms with E-state index in [0.29, 0.717) is 44.3 Å². The molecule has 0 aromatic heterocycles. The van der Waals surface area contributed by atoms with Gasteiger partial charge < -0.3 is 20.1 Å². The van der Waals surface area contributed by atoms with Crippen molar-refractivity contribution in [3.8, 4) is 0 Å². The molecule has 0 radical (unpaired) electrons. The Morgan fingerprint density at radius 1 is 1.08 bits per heavy atom. The zero-order valence-corrected chi connectivity index (χ0v) is 22.9. The molecule has 210 valence electrons. The predicted molar refractivity (Wildman–Crippen MR) is 145 cm³/mol. The van der Waals surface area contributed by atoms with Crippen molar-refractivity contribution in [3.05, 3.63) is 47.0 Å². The monoisotopic (exact) mass is 536 g/mol. The first kappa shape index (κ1) is 26.7. The number of fused-ring (bicyclic) bond motifs is 5. The summed E-state index contributed by atoms with van der Waals surface area (Å²) in [6.07, 6.45) is 8.21. The Hall–Kier alpha value is -2.55. The minimum absolute atomic E-state index is 0.0462. The van der Waals surface area contributed by atoms with E-state index in [1.807, 2.05) is 25.1 Å². The van der Waals surface area contributed by atoms with Gasteiger partial charge in [0.2, 0.25) is 0 Å². The second kappa shape index (κ2) is 9.25. The smallest absolute Gasteiger partial charge is 0.331 e. The van der Waals surface area contributed by atoms with E-state index >= 15 is 0 Å². The van der Waals surface area contributed by atoms with Crippen LogP contribution in [-0.4, -0.2) is 57.3 Å². The Morgan fingerprint density at radius 3 is 2.59 bits per heavy atom. The summed E-state index contributed by atoms with van der Waals surface area (Å²) in [6, 6.07) is 7.33. The minimum Gasteiger partial charge on any atom is -0.458 e. The first-order chi connectivity index (χ1) is 18.5. The van der Waals surface area contributed by atoms with Crippen molar-refractivity contribution in [1.82, 2.24) is 5.43 Å². The molecule has 8 atom stereocenters. The van der Waals surface area contributed by atoms with Gasteiger partial charge in [-0.05, 0) is 93.2 Å². The Kier molecular flexibility index (Phi) is 6.32. The molecule has 6 rings (SSSR count). The fourth-order valence-electron chi connectivity index (χ4n) is 9.45. The average molecular weight is 537 g/mol. The van der Waals surface area contributed by atoms with Crippen molar-refractivity contribution < 1.29 is 29.6 Å². The first-order valence-electron chi connectivity index (χ1n) is 14.4. The number of nitrogens with one attached hydrogen (secondary N) is 1. The van der Waals surface area contributed by atoms with Crippen LogP contribution in [0.5, 0.6) is 0 Å². The molecule has 1 aromatic rings. The summed E-state index contributed by atoms with van der Waals surface area (Å²) >= 11 is 0. The van der Waals surface area contributed by atoms with E-state index < -0.39 is 28.1 Å². The zero-order chi connectivity index (χ0) is 27.6. The number of carbonyl (C=O) groups is 2. The van der Waals surface area contributed by atoms with Crippen LogP contribution in [0, 0.1) is 35.5 Å². The number of aryl methyl sites for hydroxylation is 1. The second-order valence-corrected chi connectivity index (χ2v) is 13.0. The summed E-state index contributed by atoms with van der Waals surface area (Å²) < 4.78 is 5.23. The third-order valence-electron chi connectivity index (χ3n) is 11.5. The molecule has 4 fully saturated rings. The van der Waals surface area contributed by atoms with Gasteiger partial charge in [-0.1, -0.05) is 25.1 Å². The van der Waals surface area contributed by atoms with Crippen molar-refractivity contribution >= 4 is 18.1 Å². The van der Waals surface area contributed by atoms with Crippen LogP contribution in [0.1, 0.15) is 80.6 Å². The van der Waals surface area contributed by atoms with Crippen molar-refractivity contribution in [3.63, 3.8) is 0 Å². The molecule has 1 amide bonds. The molecule has 4 aliphatic carbocycles. The summed E-state index contributed by atoms with van der Waals surface area (Å²) in [5, 5.41) is 39.6. The molecule has 5 unspecified atom stereocenters. The molecule has 8 heteroatoms. The molecule has 1 aliphatic heterocycles. The van der Waals surface area contributed by atoms with Crippen LogP contribution in [0.4, 0.5) is 0 Å². The molecule has 5 aliphatic rings. The number of hydrogen-bond acceptors (Lipinski definition) is 7. The number of ether oxygens (including phenoxy) is 1. The van der Waals surface area contributed by atoms with Crippen molar-refractivity contribution in [1.29, 1.82) is 0 Å². The van der Waals surface area contributed by atoms with Crippen LogP contribution in [-0.2, 0) is 9.53 Å². The number of aliphatic hydroxyl groups is 3. The summed E-state index contributed by atoms with van der Waals surface area (Å²) in [4.78, 5) is 24.7. The van der Waals surface area contributed by atoms with Crippen LogP contribution in [0.25, 0.3) is 0 Å². The van der Waals surface area contributed by atoms with E-state index in [-0.39, 0.29) is 36.1 Å². The minimum atomic E-state index is -1.17. The second-order valence-electron chi connectivity index (χ2n) is 13.0. The maximum Gasteiger partial charge on any atom is 0.331 e. The molecule has 39 heavy (non-hydrogen) atoms. The van der Waals surface area contributed by atoms with Gasteiger partial charge in [-0.3, -0.25) is 4.79 Å². The number of rotatable bonds is 4. The number of nitrogens with zero attached hydrogens (tertiary/aromatic N) is 1. The van der Waals surface area contributed by atoms with Crippen LogP contribution in [0.15, 0.2) is 41.0 Å². The lowest BCUT2D eigenvalue weighted by Crippen LogP contribution is -2.68. The lowest BCUT2D eigenvalue weighted by Gasteiger charge is -2.65. The number of benzene rings is 1. The maximum atomic E-state index is 12.9. The summed E-state index contributed by atoms with van der Waals surface area (Å²) in [5.74, 6) is -0.627. The lowest BCUT2D eigenvalue weighted by molar-refractivity contribution is -0.237. The molecule has 0 saturated heterocycles. The van der Waals surface area contributed by atoms with E-state index in [0.717, 1.165) is 30.4 Å². The van der Waals surface area contributed by atoms with Gasteiger partial charge >= 0.3 is 5.97 Å². The molecular weight excluding hydrogens is 496 g/mol. The Labute approximate surface area is 229 Å². The van der Waals surface area contributed by atoms with Gasteiger partial charge in [0.1, 0.15) is 6.61 Å². The topological polar surface area (TPSA) is 128 Å². The normalized spacial score (nSPS) is 43.3. The molecular formula is C31H40N2O6. The molecule has 4 N–H and O–H groups in total. The molecule has 0 spiro atoms. The fraction of sp³-hybridized carbons (Fsp3) is 0.645. The van der Waals surface area contributed by atoms with Crippen molar-refractivity contribution in [2.24, 2.45) is 33.7 Å². The quantitative estimate of drug-likeness (QED) is 0.265. The third-order valence-corrected chi connectivity index (χ3v) is 11.5. The van der Waals surface area contributed by atoms with E-state index in [4.69, 9.17) is 4.74 Å². The van der Waals surface area contributed by atoms with Gasteiger partial charge in [0.05, 0.1) is 17.3 Å². The number of cyclic esters (lactones) is 1. The van der Waals surface area contributed by atoms with Gasteiger partial charge in [-0.2, -0.15) is 5.10 Å². The largest absolute Gasteiger partial charge is 0.458 e. The molecule has 4 saturated carbocycles. The number of esters is 1. The first-order valence-corrected chi connectivity index (χ1v) is 14.4. The van der Waals surface area contributed by atoms with E-state index in [2.05, 4.69) is 17.5 Å². The van der Waals surface area contributed by atoms with E-state index in [1.165, 1.54) is 0 Å². The van der Waals surface area contributed by atoms with E-state index in [1.54, 1.807) is 18.4 Å². The molecule has 1 heterocycles. The van der Waals surface area contributed by atoms with Crippen LogP contribution in [0.2, 0.25) is 0 Å². The van der Waals surface area contributed by atoms with Gasteiger partial charge in [0, 0.05) is 35.1 Å². The highest BCUT2D eigenvalue weighted by atomic mass is 16.5. The Bertz CT molecular complexity index is 1250. The fourth-order valence-corrected chi connectivity index (χ4v) is 9.45. The highest BCUT2D eigenvalue weighted by Gasteiger charge is 2.71. The van der Waals surface area contributed by atoms with Crippen molar-refractivity contribution in [2.45, 2.75) is 88.9 Å². The van der Waals surface area contributed by atoms with Crippen LogP contribution in [0.3, 0.4) is 0 Å². The predicted octanol–water partition coefficient (Wildman–Crippen LogP) is 3.42. The Balaban J connectivity index is 1.33. The summed E-state index contributed by atoms with van der Waals surface area (Å²) in [6.45, 7) is 4.35. The SMILES string of the molecule is Cc1ccccc1C(=O)NN=CC12CC[C@@H](O)CC1(O)CC[C@@H]1[C@@H]2CCC2(C)C(C3=CC(=O)OC3)CCC12O. The van der Waals surface area contributed by atoms with Crippen LogP contribution >= 0.6 is 0 Å². The third kappa shape index (κ3) is 3.85. The highest BCUT2D eigenvalue weighted by Crippen LogP contribution is 2.70. The van der Waals surface area contributed by atoms with E-state index in [9.17, 15) is 24.9 Å². The van der Waals surface area contributed by atoms with Gasteiger partial charge in [0.25, 0.3) is 5.91 Å². The number of carbonyl (C=O) groups excluding carboxylic acids is 2. The standard InChI is InChI=1S/C31H40N2O6/c1-19-5-3-4-6-22(19)27(36)33-32-18-29-12-7-21(34)16-30(29,37)13-9-25-24(29)8-11-28(2)23(10-14-31(25,28)38)20-15-26(35)39-17-20/h3-6,15,18,21,23-25,34,37-38H,7-14,16-17H2,1-2H3,(H,33,36)/t21-,23?,24+,25-,28?,29?,30?,31?/m1/s1. The number of hydrogen-bond donors (Lipinski definition) is 4. The Morgan fingerprint density at radius 2 is 1.85 bits per heavy atom.